The van der Waals surface area contributed by atoms with Crippen LogP contribution in [-0.2, 0) is 21.1 Å². The SMILES string of the molecule is CCCCC(C)/C(=C/C(N)=O)n1cc(-c2ncnc3c2ccn3COC(=O)C(C)(C)C)cn1. The minimum Gasteiger partial charge on any atom is -0.443 e. The van der Waals surface area contributed by atoms with Crippen molar-refractivity contribution in [2.45, 2.75) is 60.6 Å². The number of nitrogens with zero attached hydrogens (tertiary/aromatic N) is 5. The fraction of sp³-hybridized carbons (Fsp3) is 0.458. The maximum Gasteiger partial charge on any atom is 0.312 e. The van der Waals surface area contributed by atoms with Gasteiger partial charge >= 0.3 is 5.97 Å². The van der Waals surface area contributed by atoms with Gasteiger partial charge in [-0.05, 0) is 39.2 Å². The van der Waals surface area contributed by atoms with Crippen molar-refractivity contribution >= 4 is 28.6 Å². The van der Waals surface area contributed by atoms with Crippen LogP contribution in [0.3, 0.4) is 0 Å². The molecule has 0 aliphatic carbocycles. The van der Waals surface area contributed by atoms with Gasteiger partial charge in [-0.3, -0.25) is 14.2 Å². The molecule has 9 nitrogen and oxygen atoms in total. The van der Waals surface area contributed by atoms with Crippen LogP contribution in [0.1, 0.15) is 53.9 Å². The molecule has 176 valence electrons. The molecule has 0 aromatic carbocycles. The van der Waals surface area contributed by atoms with Crippen molar-refractivity contribution in [1.82, 2.24) is 24.3 Å². The van der Waals surface area contributed by atoms with Gasteiger partial charge in [0.15, 0.2) is 6.73 Å². The third-order valence-electron chi connectivity index (χ3n) is 5.41. The first-order valence-electron chi connectivity index (χ1n) is 11.1. The van der Waals surface area contributed by atoms with E-state index in [-0.39, 0.29) is 18.6 Å². The molecule has 0 spiro atoms. The molecule has 3 rings (SSSR count). The molecule has 0 saturated carbocycles. The average Bonchev–Trinajstić information content (AvgIpc) is 3.40. The quantitative estimate of drug-likeness (QED) is 0.387. The second-order valence-corrected chi connectivity index (χ2v) is 9.24. The molecule has 0 aliphatic heterocycles. The molecule has 3 heterocycles. The number of carbonyl (C=O) groups excluding carboxylic acids is 2. The van der Waals surface area contributed by atoms with Crippen molar-refractivity contribution in [3.8, 4) is 11.3 Å². The number of allylic oxidation sites excluding steroid dienone is 1. The number of carbonyl (C=O) groups is 2. The van der Waals surface area contributed by atoms with Crippen molar-refractivity contribution < 1.29 is 14.3 Å². The summed E-state index contributed by atoms with van der Waals surface area (Å²) in [5.74, 6) is -0.670. The molecule has 3 aromatic heterocycles. The Hall–Kier alpha value is -3.49. The Morgan fingerprint density at radius 2 is 2.03 bits per heavy atom. The third-order valence-corrected chi connectivity index (χ3v) is 5.41. The van der Waals surface area contributed by atoms with Crippen LogP contribution in [0.5, 0.6) is 0 Å². The van der Waals surface area contributed by atoms with Gasteiger partial charge in [0.2, 0.25) is 5.91 Å². The average molecular weight is 453 g/mol. The van der Waals surface area contributed by atoms with E-state index in [4.69, 9.17) is 10.5 Å². The van der Waals surface area contributed by atoms with Crippen LogP contribution in [0, 0.1) is 11.3 Å². The molecule has 0 fully saturated rings. The normalized spacial score (nSPS) is 13.3. The van der Waals surface area contributed by atoms with E-state index in [1.165, 1.54) is 12.4 Å². The van der Waals surface area contributed by atoms with Gasteiger partial charge in [0.25, 0.3) is 0 Å². The zero-order valence-electron chi connectivity index (χ0n) is 19.9. The van der Waals surface area contributed by atoms with E-state index < -0.39 is 11.3 Å². The lowest BCUT2D eigenvalue weighted by molar-refractivity contribution is -0.156. The van der Waals surface area contributed by atoms with Gasteiger partial charge in [-0.15, -0.1) is 0 Å². The summed E-state index contributed by atoms with van der Waals surface area (Å²) in [5, 5.41) is 5.29. The number of primary amides is 1. The molecule has 0 saturated heterocycles. The van der Waals surface area contributed by atoms with Gasteiger partial charge in [-0.25, -0.2) is 14.6 Å². The lowest BCUT2D eigenvalue weighted by atomic mass is 9.98. The number of hydrogen-bond donors (Lipinski definition) is 1. The number of hydrogen-bond acceptors (Lipinski definition) is 6. The van der Waals surface area contributed by atoms with Gasteiger partial charge in [0, 0.05) is 29.4 Å². The Morgan fingerprint density at radius 3 is 2.70 bits per heavy atom. The van der Waals surface area contributed by atoms with Crippen molar-refractivity contribution in [1.29, 1.82) is 0 Å². The zero-order chi connectivity index (χ0) is 24.2. The standard InChI is InChI=1S/C24H32N6O3/c1-6-7-8-16(2)19(11-20(25)31)30-13-17(12-28-30)21-18-9-10-29(22(18)27-14-26-21)15-33-23(32)24(3,4)5/h9-14,16H,6-8,15H2,1-5H3,(H2,25,31)/b19-11-. The molecule has 3 aromatic rings. The molecule has 1 amide bonds. The number of amides is 1. The molecular weight excluding hydrogens is 420 g/mol. The number of unbranched alkanes of at least 4 members (excludes halogenated alkanes) is 1. The number of aromatic nitrogens is 5. The first kappa shape index (κ1) is 24.2. The molecule has 1 unspecified atom stereocenters. The zero-order valence-corrected chi connectivity index (χ0v) is 19.9. The van der Waals surface area contributed by atoms with Crippen molar-refractivity contribution in [2.24, 2.45) is 17.1 Å². The minimum atomic E-state index is -0.581. The molecule has 1 atom stereocenters. The molecule has 9 heteroatoms. The first-order valence-corrected chi connectivity index (χ1v) is 11.1. The fourth-order valence-electron chi connectivity index (χ4n) is 3.51. The predicted molar refractivity (Wildman–Crippen MR) is 126 cm³/mol. The molecule has 0 radical (unpaired) electrons. The molecule has 2 N–H and O–H groups in total. The number of fused-ring (bicyclic) bond motifs is 1. The summed E-state index contributed by atoms with van der Waals surface area (Å²) >= 11 is 0. The molecule has 0 bridgehead atoms. The van der Waals surface area contributed by atoms with Crippen molar-refractivity contribution in [3.05, 3.63) is 37.1 Å². The minimum absolute atomic E-state index is 0.0652. The maximum absolute atomic E-state index is 12.1. The lowest BCUT2D eigenvalue weighted by Gasteiger charge is -2.17. The lowest BCUT2D eigenvalue weighted by Crippen LogP contribution is -2.23. The molecule has 0 aliphatic rings. The van der Waals surface area contributed by atoms with E-state index in [1.807, 2.05) is 39.2 Å². The summed E-state index contributed by atoms with van der Waals surface area (Å²) in [5.41, 5.74) is 7.76. The summed E-state index contributed by atoms with van der Waals surface area (Å²) in [6.45, 7) is 9.69. The molecular formula is C24H32N6O3. The Bertz CT molecular complexity index is 1170. The van der Waals surface area contributed by atoms with Crippen LogP contribution in [0.4, 0.5) is 0 Å². The van der Waals surface area contributed by atoms with Crippen LogP contribution >= 0.6 is 0 Å². The van der Waals surface area contributed by atoms with E-state index in [1.54, 1.807) is 15.4 Å². The summed E-state index contributed by atoms with van der Waals surface area (Å²) < 4.78 is 8.89. The number of rotatable bonds is 9. The molecule has 33 heavy (non-hydrogen) atoms. The van der Waals surface area contributed by atoms with Crippen molar-refractivity contribution in [2.75, 3.05) is 0 Å². The highest BCUT2D eigenvalue weighted by Crippen LogP contribution is 2.28. The predicted octanol–water partition coefficient (Wildman–Crippen LogP) is 3.99. The Balaban J connectivity index is 1.91. The maximum atomic E-state index is 12.1. The first-order chi connectivity index (χ1) is 15.6. The Morgan fingerprint density at radius 1 is 1.27 bits per heavy atom. The van der Waals surface area contributed by atoms with Crippen LogP contribution in [0.15, 0.2) is 37.1 Å². The summed E-state index contributed by atoms with van der Waals surface area (Å²) in [4.78, 5) is 32.6. The van der Waals surface area contributed by atoms with E-state index in [0.717, 1.165) is 35.9 Å². The summed E-state index contributed by atoms with van der Waals surface area (Å²) in [7, 11) is 0. The topological polar surface area (TPSA) is 118 Å². The van der Waals surface area contributed by atoms with Gasteiger partial charge in [0.1, 0.15) is 12.0 Å². The van der Waals surface area contributed by atoms with E-state index in [2.05, 4.69) is 28.9 Å². The number of esters is 1. The Labute approximate surface area is 193 Å². The van der Waals surface area contributed by atoms with Gasteiger partial charge in [-0.1, -0.05) is 26.7 Å². The smallest absolute Gasteiger partial charge is 0.312 e. The van der Waals surface area contributed by atoms with Crippen LogP contribution in [0.25, 0.3) is 28.0 Å². The van der Waals surface area contributed by atoms with E-state index >= 15 is 0 Å². The van der Waals surface area contributed by atoms with E-state index in [0.29, 0.717) is 11.3 Å². The summed E-state index contributed by atoms with van der Waals surface area (Å²) in [6.07, 6.45) is 11.3. The summed E-state index contributed by atoms with van der Waals surface area (Å²) in [6, 6.07) is 1.89. The van der Waals surface area contributed by atoms with Gasteiger partial charge in [-0.2, -0.15) is 5.10 Å². The largest absolute Gasteiger partial charge is 0.443 e. The highest BCUT2D eigenvalue weighted by molar-refractivity contribution is 5.92. The highest BCUT2D eigenvalue weighted by atomic mass is 16.5. The van der Waals surface area contributed by atoms with Crippen LogP contribution < -0.4 is 5.73 Å². The third kappa shape index (κ3) is 5.66. The fourth-order valence-corrected chi connectivity index (χ4v) is 3.51. The van der Waals surface area contributed by atoms with E-state index in [9.17, 15) is 9.59 Å². The van der Waals surface area contributed by atoms with Gasteiger partial charge < -0.3 is 10.5 Å². The van der Waals surface area contributed by atoms with Crippen LogP contribution in [0.2, 0.25) is 0 Å². The number of nitrogens with two attached hydrogens (primary N) is 1. The van der Waals surface area contributed by atoms with Crippen LogP contribution in [-0.4, -0.2) is 36.2 Å². The van der Waals surface area contributed by atoms with Gasteiger partial charge in [0.05, 0.1) is 23.0 Å². The second kappa shape index (κ2) is 9.97. The Kier molecular flexibility index (Phi) is 7.30. The second-order valence-electron chi connectivity index (χ2n) is 9.24. The van der Waals surface area contributed by atoms with Crippen molar-refractivity contribution in [3.63, 3.8) is 0 Å². The number of ether oxygens (including phenoxy) is 1. The highest BCUT2D eigenvalue weighted by Gasteiger charge is 2.23. The monoisotopic (exact) mass is 452 g/mol.